The first-order valence-corrected chi connectivity index (χ1v) is 5.66. The Labute approximate surface area is 113 Å². The number of rotatable bonds is 2. The van der Waals surface area contributed by atoms with Crippen molar-refractivity contribution >= 4 is 28.9 Å². The largest absolute Gasteiger partial charge is 0.396 e. The first-order valence-electron chi connectivity index (χ1n) is 5.29. The molecule has 0 radical (unpaired) electrons. The van der Waals surface area contributed by atoms with Gasteiger partial charge in [0.05, 0.1) is 10.7 Å². The van der Waals surface area contributed by atoms with Gasteiger partial charge in [0.1, 0.15) is 11.6 Å². The highest BCUT2D eigenvalue weighted by molar-refractivity contribution is 6.30. The van der Waals surface area contributed by atoms with Crippen LogP contribution in [0.4, 0.5) is 20.2 Å². The van der Waals surface area contributed by atoms with Crippen molar-refractivity contribution in [3.05, 3.63) is 58.6 Å². The molecule has 1 amide bonds. The number of carbonyl (C=O) groups is 1. The predicted octanol–water partition coefficient (Wildman–Crippen LogP) is 3.45. The van der Waals surface area contributed by atoms with Crippen molar-refractivity contribution in [2.24, 2.45) is 0 Å². The quantitative estimate of drug-likeness (QED) is 0.829. The monoisotopic (exact) mass is 282 g/mol. The lowest BCUT2D eigenvalue weighted by atomic mass is 10.2. The Balaban J connectivity index is 2.20. The van der Waals surface area contributed by atoms with Crippen molar-refractivity contribution in [2.75, 3.05) is 11.1 Å². The summed E-state index contributed by atoms with van der Waals surface area (Å²) in [6.07, 6.45) is 0. The standard InChI is InChI=1S/C13H9ClF2N2O/c14-9-3-1-7(5-10(9)15)13(19)18-8-2-4-12(17)11(16)6-8/h1-6H,17H2,(H,18,19). The number of nitrogens with one attached hydrogen (secondary N) is 1. The van der Waals surface area contributed by atoms with Crippen molar-refractivity contribution in [1.82, 2.24) is 0 Å². The molecular weight excluding hydrogens is 274 g/mol. The Kier molecular flexibility index (Phi) is 3.66. The molecule has 98 valence electrons. The lowest BCUT2D eigenvalue weighted by molar-refractivity contribution is 0.102. The highest BCUT2D eigenvalue weighted by Gasteiger charge is 2.10. The second-order valence-corrected chi connectivity index (χ2v) is 4.23. The maximum Gasteiger partial charge on any atom is 0.255 e. The van der Waals surface area contributed by atoms with E-state index in [0.717, 1.165) is 12.1 Å². The predicted molar refractivity (Wildman–Crippen MR) is 70.2 cm³/mol. The molecular formula is C13H9ClF2N2O. The molecule has 0 heterocycles. The van der Waals surface area contributed by atoms with E-state index in [1.54, 1.807) is 0 Å². The SMILES string of the molecule is Nc1ccc(NC(=O)c2ccc(Cl)c(F)c2)cc1F. The Morgan fingerprint density at radius 3 is 2.47 bits per heavy atom. The smallest absolute Gasteiger partial charge is 0.255 e. The lowest BCUT2D eigenvalue weighted by Gasteiger charge is -2.06. The maximum absolute atomic E-state index is 13.2. The first kappa shape index (κ1) is 13.3. The Bertz CT molecular complexity index is 647. The molecule has 0 fully saturated rings. The molecule has 2 rings (SSSR count). The van der Waals surface area contributed by atoms with Crippen LogP contribution in [-0.4, -0.2) is 5.91 Å². The summed E-state index contributed by atoms with van der Waals surface area (Å²) in [4.78, 5) is 11.8. The summed E-state index contributed by atoms with van der Waals surface area (Å²) in [6.45, 7) is 0. The van der Waals surface area contributed by atoms with E-state index in [2.05, 4.69) is 5.32 Å². The van der Waals surface area contributed by atoms with E-state index >= 15 is 0 Å². The number of benzene rings is 2. The van der Waals surface area contributed by atoms with Crippen LogP contribution in [0.1, 0.15) is 10.4 Å². The molecule has 0 aliphatic rings. The zero-order chi connectivity index (χ0) is 14.0. The van der Waals surface area contributed by atoms with Crippen LogP contribution in [-0.2, 0) is 0 Å². The third-order valence-electron chi connectivity index (χ3n) is 2.44. The fourth-order valence-corrected chi connectivity index (χ4v) is 1.56. The van der Waals surface area contributed by atoms with Gasteiger partial charge in [-0.05, 0) is 36.4 Å². The normalized spacial score (nSPS) is 10.3. The van der Waals surface area contributed by atoms with Crippen LogP contribution >= 0.6 is 11.6 Å². The van der Waals surface area contributed by atoms with Crippen LogP contribution in [0.2, 0.25) is 5.02 Å². The molecule has 0 atom stereocenters. The molecule has 0 aliphatic carbocycles. The number of carbonyl (C=O) groups excluding carboxylic acids is 1. The zero-order valence-electron chi connectivity index (χ0n) is 9.58. The van der Waals surface area contributed by atoms with Gasteiger partial charge in [-0.2, -0.15) is 0 Å². The van der Waals surface area contributed by atoms with Crippen LogP contribution in [0.15, 0.2) is 36.4 Å². The zero-order valence-corrected chi connectivity index (χ0v) is 10.3. The summed E-state index contributed by atoms with van der Waals surface area (Å²) in [5.74, 6) is -1.90. The lowest BCUT2D eigenvalue weighted by Crippen LogP contribution is -2.12. The van der Waals surface area contributed by atoms with Gasteiger partial charge in [0, 0.05) is 11.3 Å². The number of nitrogens with two attached hydrogens (primary N) is 1. The number of anilines is 2. The van der Waals surface area contributed by atoms with Gasteiger partial charge >= 0.3 is 0 Å². The fourth-order valence-electron chi connectivity index (χ4n) is 1.45. The molecule has 0 saturated carbocycles. The van der Waals surface area contributed by atoms with Crippen LogP contribution < -0.4 is 11.1 Å². The first-order chi connectivity index (χ1) is 8.97. The Hall–Kier alpha value is -2.14. The summed E-state index contributed by atoms with van der Waals surface area (Å²) < 4.78 is 26.4. The maximum atomic E-state index is 13.2. The molecule has 0 aromatic heterocycles. The molecule has 3 N–H and O–H groups in total. The summed E-state index contributed by atoms with van der Waals surface area (Å²) >= 11 is 5.51. The van der Waals surface area contributed by atoms with Gasteiger partial charge in [-0.3, -0.25) is 4.79 Å². The Morgan fingerprint density at radius 1 is 1.11 bits per heavy atom. The molecule has 0 unspecified atom stereocenters. The minimum Gasteiger partial charge on any atom is -0.396 e. The summed E-state index contributed by atoms with van der Waals surface area (Å²) in [7, 11) is 0. The Morgan fingerprint density at radius 2 is 1.84 bits per heavy atom. The molecule has 0 bridgehead atoms. The van der Waals surface area contributed by atoms with E-state index in [1.807, 2.05) is 0 Å². The third-order valence-corrected chi connectivity index (χ3v) is 2.75. The average Bonchev–Trinajstić information content (AvgIpc) is 2.37. The molecule has 2 aromatic rings. The van der Waals surface area contributed by atoms with Gasteiger partial charge in [0.2, 0.25) is 0 Å². The molecule has 3 nitrogen and oxygen atoms in total. The van der Waals surface area contributed by atoms with Gasteiger partial charge in [-0.25, -0.2) is 8.78 Å². The second-order valence-electron chi connectivity index (χ2n) is 3.82. The van der Waals surface area contributed by atoms with Gasteiger partial charge in [0.25, 0.3) is 5.91 Å². The van der Waals surface area contributed by atoms with Crippen LogP contribution in [0, 0.1) is 11.6 Å². The number of amides is 1. The van der Waals surface area contributed by atoms with E-state index in [9.17, 15) is 13.6 Å². The summed E-state index contributed by atoms with van der Waals surface area (Å²) in [6, 6.07) is 7.50. The number of halogens is 3. The van der Waals surface area contributed by atoms with Crippen molar-refractivity contribution in [3.8, 4) is 0 Å². The van der Waals surface area contributed by atoms with Gasteiger partial charge in [-0.15, -0.1) is 0 Å². The van der Waals surface area contributed by atoms with Crippen LogP contribution in [0.25, 0.3) is 0 Å². The van der Waals surface area contributed by atoms with Gasteiger partial charge < -0.3 is 11.1 Å². The van der Waals surface area contributed by atoms with E-state index in [4.69, 9.17) is 17.3 Å². The van der Waals surface area contributed by atoms with E-state index in [-0.39, 0.29) is 22.0 Å². The molecule has 19 heavy (non-hydrogen) atoms. The fraction of sp³-hybridized carbons (Fsp3) is 0. The van der Waals surface area contributed by atoms with E-state index in [0.29, 0.717) is 0 Å². The van der Waals surface area contributed by atoms with E-state index < -0.39 is 17.5 Å². The van der Waals surface area contributed by atoms with Crippen molar-refractivity contribution in [1.29, 1.82) is 0 Å². The van der Waals surface area contributed by atoms with Gasteiger partial charge in [0.15, 0.2) is 0 Å². The molecule has 2 aromatic carbocycles. The number of hydrogen-bond acceptors (Lipinski definition) is 2. The molecule has 0 spiro atoms. The van der Waals surface area contributed by atoms with Crippen molar-refractivity contribution < 1.29 is 13.6 Å². The van der Waals surface area contributed by atoms with Crippen molar-refractivity contribution in [3.63, 3.8) is 0 Å². The minimum absolute atomic E-state index is 0.0180. The van der Waals surface area contributed by atoms with Gasteiger partial charge in [-0.1, -0.05) is 11.6 Å². The van der Waals surface area contributed by atoms with Crippen molar-refractivity contribution in [2.45, 2.75) is 0 Å². The molecule has 0 aliphatic heterocycles. The number of hydrogen-bond donors (Lipinski definition) is 2. The third kappa shape index (κ3) is 3.00. The molecule has 0 saturated heterocycles. The highest BCUT2D eigenvalue weighted by atomic mass is 35.5. The summed E-state index contributed by atoms with van der Waals surface area (Å²) in [5, 5.41) is 2.35. The van der Waals surface area contributed by atoms with E-state index in [1.165, 1.54) is 24.3 Å². The van der Waals surface area contributed by atoms with Crippen LogP contribution in [0.3, 0.4) is 0 Å². The summed E-state index contributed by atoms with van der Waals surface area (Å²) in [5.41, 5.74) is 5.61. The van der Waals surface area contributed by atoms with Crippen LogP contribution in [0.5, 0.6) is 0 Å². The average molecular weight is 283 g/mol. The number of nitrogen functional groups attached to an aromatic ring is 1. The second kappa shape index (κ2) is 5.24. The highest BCUT2D eigenvalue weighted by Crippen LogP contribution is 2.19. The molecule has 6 heteroatoms. The minimum atomic E-state index is -0.696. The topological polar surface area (TPSA) is 55.1 Å².